The monoisotopic (exact) mass is 189 g/mol. The first kappa shape index (κ1) is 8.51. The van der Waals surface area contributed by atoms with Crippen LogP contribution >= 0.6 is 0 Å². The maximum Gasteiger partial charge on any atom is 0.151 e. The average molecular weight is 189 g/mol. The molecule has 4 heteroatoms. The van der Waals surface area contributed by atoms with Crippen molar-refractivity contribution in [3.8, 4) is 0 Å². The van der Waals surface area contributed by atoms with Gasteiger partial charge in [0.05, 0.1) is 11.5 Å². The molecule has 0 aromatic heterocycles. The Morgan fingerprint density at radius 3 is 2.50 bits per heavy atom. The summed E-state index contributed by atoms with van der Waals surface area (Å²) in [6.45, 7) is 1.03. The minimum Gasteiger partial charge on any atom is -0.313 e. The number of nitrogens with one attached hydrogen (secondary N) is 1. The molecule has 1 saturated carbocycles. The van der Waals surface area contributed by atoms with Crippen LogP contribution in [0, 0.1) is 5.92 Å². The van der Waals surface area contributed by atoms with Crippen molar-refractivity contribution in [3.63, 3.8) is 0 Å². The molecule has 2 rings (SSSR count). The summed E-state index contributed by atoms with van der Waals surface area (Å²) >= 11 is 0. The number of hydrogen-bond acceptors (Lipinski definition) is 3. The fourth-order valence-electron chi connectivity index (χ4n) is 1.61. The molecule has 2 fully saturated rings. The zero-order valence-electron chi connectivity index (χ0n) is 7.12. The van der Waals surface area contributed by atoms with E-state index in [0.717, 1.165) is 18.9 Å². The second-order valence-electron chi connectivity index (χ2n) is 3.95. The van der Waals surface area contributed by atoms with E-state index in [1.165, 1.54) is 12.8 Å². The Morgan fingerprint density at radius 2 is 2.00 bits per heavy atom. The molecule has 1 saturated heterocycles. The molecule has 0 bridgehead atoms. The first-order chi connectivity index (χ1) is 5.66. The molecule has 2 aliphatic rings. The molecule has 1 aliphatic carbocycles. The summed E-state index contributed by atoms with van der Waals surface area (Å²) in [4.78, 5) is 0. The molecular formula is C8H15NO2S. The summed E-state index contributed by atoms with van der Waals surface area (Å²) in [5.74, 6) is 1.59. The van der Waals surface area contributed by atoms with Crippen LogP contribution in [0.5, 0.6) is 0 Å². The fraction of sp³-hybridized carbons (Fsp3) is 1.00. The van der Waals surface area contributed by atoms with Crippen molar-refractivity contribution in [2.24, 2.45) is 5.92 Å². The molecule has 12 heavy (non-hydrogen) atoms. The number of rotatable bonds is 3. The highest BCUT2D eigenvalue weighted by molar-refractivity contribution is 7.91. The third-order valence-corrected chi connectivity index (χ3v) is 4.39. The molecule has 0 radical (unpaired) electrons. The molecule has 1 atom stereocenters. The number of hydrogen-bond donors (Lipinski definition) is 1. The molecular weight excluding hydrogens is 174 g/mol. The van der Waals surface area contributed by atoms with Gasteiger partial charge in [0.1, 0.15) is 0 Å². The van der Waals surface area contributed by atoms with Gasteiger partial charge in [-0.15, -0.1) is 0 Å². The summed E-state index contributed by atoms with van der Waals surface area (Å²) in [6.07, 6.45) is 3.47. The molecule has 0 aromatic rings. The Morgan fingerprint density at radius 1 is 1.25 bits per heavy atom. The predicted octanol–water partition coefficient (Wildman–Crippen LogP) is 0.173. The lowest BCUT2D eigenvalue weighted by Gasteiger charge is -2.08. The largest absolute Gasteiger partial charge is 0.313 e. The molecule has 1 N–H and O–H groups in total. The van der Waals surface area contributed by atoms with Crippen molar-refractivity contribution in [2.75, 3.05) is 18.1 Å². The first-order valence-electron chi connectivity index (χ1n) is 4.59. The second-order valence-corrected chi connectivity index (χ2v) is 6.18. The van der Waals surface area contributed by atoms with Gasteiger partial charge in [0.25, 0.3) is 0 Å². The van der Waals surface area contributed by atoms with Gasteiger partial charge >= 0.3 is 0 Å². The molecule has 0 aromatic carbocycles. The van der Waals surface area contributed by atoms with Crippen molar-refractivity contribution in [1.82, 2.24) is 5.32 Å². The lowest BCUT2D eigenvalue weighted by Crippen LogP contribution is -2.31. The first-order valence-corrected chi connectivity index (χ1v) is 6.42. The predicted molar refractivity (Wildman–Crippen MR) is 47.8 cm³/mol. The smallest absolute Gasteiger partial charge is 0.151 e. The normalized spacial score (nSPS) is 33.8. The van der Waals surface area contributed by atoms with E-state index in [2.05, 4.69) is 5.32 Å². The third kappa shape index (κ3) is 2.20. The maximum absolute atomic E-state index is 11.1. The minimum absolute atomic E-state index is 0.246. The average Bonchev–Trinajstić information content (AvgIpc) is 2.74. The van der Waals surface area contributed by atoms with Crippen LogP contribution in [-0.2, 0) is 9.84 Å². The summed E-state index contributed by atoms with van der Waals surface area (Å²) in [6, 6.07) is 0.246. The Kier molecular flexibility index (Phi) is 2.12. The van der Waals surface area contributed by atoms with Crippen LogP contribution in [0.1, 0.15) is 19.3 Å². The summed E-state index contributed by atoms with van der Waals surface area (Å²) in [5.41, 5.74) is 0. The van der Waals surface area contributed by atoms with Crippen LogP contribution < -0.4 is 5.32 Å². The highest BCUT2D eigenvalue weighted by atomic mass is 32.2. The van der Waals surface area contributed by atoms with E-state index < -0.39 is 9.84 Å². The van der Waals surface area contributed by atoms with Gasteiger partial charge in [-0.2, -0.15) is 0 Å². The van der Waals surface area contributed by atoms with Crippen molar-refractivity contribution < 1.29 is 8.42 Å². The molecule has 1 unspecified atom stereocenters. The van der Waals surface area contributed by atoms with Gasteiger partial charge in [-0.3, -0.25) is 0 Å². The van der Waals surface area contributed by atoms with Crippen molar-refractivity contribution >= 4 is 9.84 Å². The Hall–Kier alpha value is -0.0900. The minimum atomic E-state index is -2.69. The summed E-state index contributed by atoms with van der Waals surface area (Å²) in [5, 5.41) is 3.32. The molecule has 1 aliphatic heterocycles. The van der Waals surface area contributed by atoms with Gasteiger partial charge in [-0.25, -0.2) is 8.42 Å². The van der Waals surface area contributed by atoms with E-state index >= 15 is 0 Å². The van der Waals surface area contributed by atoms with E-state index in [9.17, 15) is 8.42 Å². The van der Waals surface area contributed by atoms with Crippen LogP contribution in [0.2, 0.25) is 0 Å². The molecule has 1 heterocycles. The summed E-state index contributed by atoms with van der Waals surface area (Å²) < 4.78 is 22.1. The zero-order valence-corrected chi connectivity index (χ0v) is 7.94. The standard InChI is InChI=1S/C8H15NO2S/c10-12(11)4-3-8(6-12)9-5-7-1-2-7/h7-9H,1-6H2. The van der Waals surface area contributed by atoms with Crippen molar-refractivity contribution in [1.29, 1.82) is 0 Å². The van der Waals surface area contributed by atoms with Gasteiger partial charge < -0.3 is 5.32 Å². The summed E-state index contributed by atoms with van der Waals surface area (Å²) in [7, 11) is -2.69. The van der Waals surface area contributed by atoms with Crippen LogP contribution in [0.4, 0.5) is 0 Å². The van der Waals surface area contributed by atoms with Gasteiger partial charge in [0, 0.05) is 6.04 Å². The van der Waals surface area contributed by atoms with Crippen LogP contribution in [0.15, 0.2) is 0 Å². The molecule has 3 nitrogen and oxygen atoms in total. The zero-order chi connectivity index (χ0) is 8.60. The molecule has 0 spiro atoms. The van der Waals surface area contributed by atoms with E-state index in [4.69, 9.17) is 0 Å². The van der Waals surface area contributed by atoms with Crippen LogP contribution in [-0.4, -0.2) is 32.5 Å². The second kappa shape index (κ2) is 3.00. The van der Waals surface area contributed by atoms with E-state index in [0.29, 0.717) is 11.5 Å². The highest BCUT2D eigenvalue weighted by Gasteiger charge is 2.29. The Bertz CT molecular complexity index is 256. The topological polar surface area (TPSA) is 46.2 Å². The van der Waals surface area contributed by atoms with Crippen LogP contribution in [0.25, 0.3) is 0 Å². The van der Waals surface area contributed by atoms with Gasteiger partial charge in [-0.05, 0) is 31.7 Å². The van der Waals surface area contributed by atoms with Gasteiger partial charge in [0.15, 0.2) is 9.84 Å². The third-order valence-electron chi connectivity index (χ3n) is 2.62. The van der Waals surface area contributed by atoms with Crippen molar-refractivity contribution in [2.45, 2.75) is 25.3 Å². The lowest BCUT2D eigenvalue weighted by molar-refractivity contribution is 0.534. The number of sulfone groups is 1. The SMILES string of the molecule is O=S1(=O)CCC(NCC2CC2)C1. The van der Waals surface area contributed by atoms with Gasteiger partial charge in [-0.1, -0.05) is 0 Å². The van der Waals surface area contributed by atoms with Crippen LogP contribution in [0.3, 0.4) is 0 Å². The quantitative estimate of drug-likeness (QED) is 0.688. The molecule has 0 amide bonds. The lowest BCUT2D eigenvalue weighted by atomic mass is 10.2. The van der Waals surface area contributed by atoms with E-state index in [1.54, 1.807) is 0 Å². The Labute approximate surface area is 73.5 Å². The molecule has 70 valence electrons. The highest BCUT2D eigenvalue weighted by Crippen LogP contribution is 2.28. The Balaban J connectivity index is 1.75. The van der Waals surface area contributed by atoms with Gasteiger partial charge in [0.2, 0.25) is 0 Å². The van der Waals surface area contributed by atoms with Crippen molar-refractivity contribution in [3.05, 3.63) is 0 Å². The van der Waals surface area contributed by atoms with E-state index in [-0.39, 0.29) is 6.04 Å². The van der Waals surface area contributed by atoms with E-state index in [1.807, 2.05) is 0 Å². The fourth-order valence-corrected chi connectivity index (χ4v) is 3.32. The maximum atomic E-state index is 11.1.